The summed E-state index contributed by atoms with van der Waals surface area (Å²) in [6, 6.07) is 6.65. The summed E-state index contributed by atoms with van der Waals surface area (Å²) in [7, 11) is 1.72. The number of anilines is 2. The van der Waals surface area contributed by atoms with Gasteiger partial charge in [0, 0.05) is 11.5 Å². The number of benzene rings is 2. The summed E-state index contributed by atoms with van der Waals surface area (Å²) in [6.45, 7) is 2.01. The molecule has 3 aromatic rings. The molecule has 1 heterocycles. The highest BCUT2D eigenvalue weighted by Gasteiger charge is 2.22. The minimum Gasteiger partial charge on any atom is -0.351 e. The lowest BCUT2D eigenvalue weighted by molar-refractivity contribution is 0.0365. The Bertz CT molecular complexity index is 993. The molecule has 0 aliphatic carbocycles. The number of carbonyl (C=O) groups excluding carboxylic acids is 1. The van der Waals surface area contributed by atoms with Crippen molar-refractivity contribution in [2.75, 3.05) is 11.9 Å². The highest BCUT2D eigenvalue weighted by molar-refractivity contribution is 9.10. The molecule has 0 saturated carbocycles. The van der Waals surface area contributed by atoms with Crippen molar-refractivity contribution in [3.8, 4) is 0 Å². The second-order valence-electron chi connectivity index (χ2n) is 5.45. The molecule has 3 rings (SSSR count). The number of amides is 1. The lowest BCUT2D eigenvalue weighted by Crippen LogP contribution is -2.25. The summed E-state index contributed by atoms with van der Waals surface area (Å²) in [5, 5.41) is 3.27. The smallest absolute Gasteiger partial charge is 0.277 e. The third-order valence-corrected chi connectivity index (χ3v) is 4.51. The zero-order chi connectivity index (χ0) is 18.8. The molecule has 136 valence electrons. The van der Waals surface area contributed by atoms with Crippen LogP contribution in [0.5, 0.6) is 0 Å². The number of rotatable bonds is 5. The maximum absolute atomic E-state index is 15.1. The van der Waals surface area contributed by atoms with Crippen LogP contribution >= 0.6 is 27.5 Å². The Morgan fingerprint density at radius 1 is 1.42 bits per heavy atom. The van der Waals surface area contributed by atoms with E-state index in [-0.39, 0.29) is 23.4 Å². The van der Waals surface area contributed by atoms with Crippen LogP contribution in [0.4, 0.5) is 15.8 Å². The fraction of sp³-hybridized carbons (Fsp3) is 0.176. The molecule has 1 aromatic heterocycles. The van der Waals surface area contributed by atoms with Crippen LogP contribution in [0.2, 0.25) is 5.02 Å². The predicted molar refractivity (Wildman–Crippen MR) is 102 cm³/mol. The Hall–Kier alpha value is -2.16. The molecule has 6 nitrogen and oxygen atoms in total. The molecule has 0 aliphatic rings. The molecule has 0 aliphatic heterocycles. The number of hydroxylamine groups is 1. The van der Waals surface area contributed by atoms with Gasteiger partial charge in [0.2, 0.25) is 0 Å². The van der Waals surface area contributed by atoms with Gasteiger partial charge < -0.3 is 9.88 Å². The fourth-order valence-electron chi connectivity index (χ4n) is 2.44. The average Bonchev–Trinajstić information content (AvgIpc) is 2.98. The molecule has 9 heteroatoms. The number of aryl methyl sites for hydroxylation is 1. The van der Waals surface area contributed by atoms with Crippen molar-refractivity contribution in [2.45, 2.75) is 6.92 Å². The first-order valence-corrected chi connectivity index (χ1v) is 8.87. The number of aromatic nitrogens is 2. The first-order chi connectivity index (χ1) is 12.4. The number of fused-ring (bicyclic) bond motifs is 1. The van der Waals surface area contributed by atoms with E-state index in [1.165, 1.54) is 6.33 Å². The van der Waals surface area contributed by atoms with Crippen molar-refractivity contribution in [1.29, 1.82) is 0 Å². The quantitative estimate of drug-likeness (QED) is 0.570. The van der Waals surface area contributed by atoms with Gasteiger partial charge in [0.25, 0.3) is 5.91 Å². The van der Waals surface area contributed by atoms with E-state index in [1.54, 1.807) is 42.8 Å². The van der Waals surface area contributed by atoms with Gasteiger partial charge in [-0.15, -0.1) is 0 Å². The molecular weight excluding hydrogens is 427 g/mol. The SMILES string of the molecule is CCONC(=O)c1cc2c(ncn2C)c(F)c1Nc1ccc(Br)cc1Cl. The number of hydrogen-bond donors (Lipinski definition) is 2. The van der Waals surface area contributed by atoms with Crippen molar-refractivity contribution >= 4 is 55.8 Å². The van der Waals surface area contributed by atoms with E-state index in [1.807, 2.05) is 0 Å². The maximum atomic E-state index is 15.1. The number of imidazole rings is 1. The van der Waals surface area contributed by atoms with Crippen LogP contribution in [-0.2, 0) is 11.9 Å². The van der Waals surface area contributed by atoms with Crippen LogP contribution in [0.3, 0.4) is 0 Å². The molecule has 0 radical (unpaired) electrons. The first-order valence-electron chi connectivity index (χ1n) is 7.70. The van der Waals surface area contributed by atoms with Gasteiger partial charge in [0.1, 0.15) is 5.52 Å². The standard InChI is InChI=1S/C17H15BrClFN4O2/c1-3-26-23-17(25)10-7-13-16(21-8-24(13)2)14(20)15(10)22-12-5-4-9(18)6-11(12)19/h4-8,22H,3H2,1-2H3,(H,23,25). The fourth-order valence-corrected chi connectivity index (χ4v) is 3.16. The number of nitrogens with zero attached hydrogens (tertiary/aromatic N) is 2. The van der Waals surface area contributed by atoms with E-state index >= 15 is 4.39 Å². The zero-order valence-electron chi connectivity index (χ0n) is 13.9. The Kier molecular flexibility index (Phi) is 5.45. The molecule has 0 saturated heterocycles. The summed E-state index contributed by atoms with van der Waals surface area (Å²) < 4.78 is 17.5. The molecule has 0 spiro atoms. The highest BCUT2D eigenvalue weighted by Crippen LogP contribution is 2.34. The Labute approximate surface area is 162 Å². The third kappa shape index (κ3) is 3.53. The molecule has 2 aromatic carbocycles. The van der Waals surface area contributed by atoms with E-state index < -0.39 is 11.7 Å². The van der Waals surface area contributed by atoms with Crippen molar-refractivity contribution in [1.82, 2.24) is 15.0 Å². The summed E-state index contributed by atoms with van der Waals surface area (Å²) in [6.07, 6.45) is 1.48. The number of carbonyl (C=O) groups is 1. The van der Waals surface area contributed by atoms with Crippen LogP contribution in [0.1, 0.15) is 17.3 Å². The third-order valence-electron chi connectivity index (χ3n) is 3.71. The molecule has 2 N–H and O–H groups in total. The normalized spacial score (nSPS) is 11.0. The molecule has 0 bridgehead atoms. The first kappa shape index (κ1) is 18.6. The second kappa shape index (κ2) is 7.61. The Balaban J connectivity index is 2.14. The van der Waals surface area contributed by atoms with Crippen molar-refractivity contribution in [3.05, 3.63) is 51.5 Å². The van der Waals surface area contributed by atoms with E-state index in [0.717, 1.165) is 4.47 Å². The van der Waals surface area contributed by atoms with Gasteiger partial charge in [-0.1, -0.05) is 27.5 Å². The summed E-state index contributed by atoms with van der Waals surface area (Å²) in [4.78, 5) is 21.5. The van der Waals surface area contributed by atoms with Gasteiger partial charge in [0.05, 0.1) is 40.4 Å². The highest BCUT2D eigenvalue weighted by atomic mass is 79.9. The number of hydrogen-bond acceptors (Lipinski definition) is 4. The van der Waals surface area contributed by atoms with Crippen molar-refractivity contribution in [2.24, 2.45) is 7.05 Å². The number of halogens is 3. The van der Waals surface area contributed by atoms with Crippen LogP contribution in [-0.4, -0.2) is 22.1 Å². The van der Waals surface area contributed by atoms with Crippen molar-refractivity contribution in [3.63, 3.8) is 0 Å². The van der Waals surface area contributed by atoms with Gasteiger partial charge in [0.15, 0.2) is 5.82 Å². The zero-order valence-corrected chi connectivity index (χ0v) is 16.3. The average molecular weight is 442 g/mol. The van der Waals surface area contributed by atoms with E-state index in [2.05, 4.69) is 31.7 Å². The minimum atomic E-state index is -0.649. The van der Waals surface area contributed by atoms with Gasteiger partial charge in [-0.05, 0) is 31.2 Å². The Morgan fingerprint density at radius 2 is 2.19 bits per heavy atom. The Morgan fingerprint density at radius 3 is 2.88 bits per heavy atom. The van der Waals surface area contributed by atoms with Crippen LogP contribution in [0.15, 0.2) is 35.1 Å². The van der Waals surface area contributed by atoms with Crippen LogP contribution < -0.4 is 10.8 Å². The van der Waals surface area contributed by atoms with Gasteiger partial charge in [-0.2, -0.15) is 0 Å². The summed E-state index contributed by atoms with van der Waals surface area (Å²) in [5.74, 6) is -1.23. The largest absolute Gasteiger partial charge is 0.351 e. The molecule has 1 amide bonds. The minimum absolute atomic E-state index is 0.0300. The second-order valence-corrected chi connectivity index (χ2v) is 6.77. The maximum Gasteiger partial charge on any atom is 0.277 e. The van der Waals surface area contributed by atoms with E-state index in [0.29, 0.717) is 16.2 Å². The monoisotopic (exact) mass is 440 g/mol. The summed E-state index contributed by atoms with van der Waals surface area (Å²) in [5.41, 5.74) is 3.42. The van der Waals surface area contributed by atoms with Gasteiger partial charge in [-0.3, -0.25) is 9.63 Å². The van der Waals surface area contributed by atoms with E-state index in [9.17, 15) is 4.79 Å². The lowest BCUT2D eigenvalue weighted by atomic mass is 10.1. The van der Waals surface area contributed by atoms with Crippen LogP contribution in [0.25, 0.3) is 11.0 Å². The molecule has 0 atom stereocenters. The molecule has 0 unspecified atom stereocenters. The lowest BCUT2D eigenvalue weighted by Gasteiger charge is -2.15. The van der Waals surface area contributed by atoms with Gasteiger partial charge >= 0.3 is 0 Å². The number of nitrogens with one attached hydrogen (secondary N) is 2. The molecular formula is C17H15BrClFN4O2. The van der Waals surface area contributed by atoms with E-state index in [4.69, 9.17) is 16.4 Å². The topological polar surface area (TPSA) is 68.2 Å². The van der Waals surface area contributed by atoms with Crippen molar-refractivity contribution < 1.29 is 14.0 Å². The predicted octanol–water partition coefficient (Wildman–Crippen LogP) is 4.55. The van der Waals surface area contributed by atoms with Gasteiger partial charge in [-0.25, -0.2) is 14.9 Å². The summed E-state index contributed by atoms with van der Waals surface area (Å²) >= 11 is 9.53. The molecule has 0 fully saturated rings. The molecule has 26 heavy (non-hydrogen) atoms. The van der Waals surface area contributed by atoms with Crippen LogP contribution in [0, 0.1) is 5.82 Å².